The van der Waals surface area contributed by atoms with Gasteiger partial charge in [0, 0.05) is 5.69 Å². The van der Waals surface area contributed by atoms with Gasteiger partial charge in [-0.15, -0.1) is 0 Å². The minimum absolute atomic E-state index is 0.0595. The molecule has 0 atom stereocenters. The average Bonchev–Trinajstić information content (AvgIpc) is 2.70. The van der Waals surface area contributed by atoms with Crippen LogP contribution in [0, 0.1) is 0 Å². The van der Waals surface area contributed by atoms with E-state index in [-0.39, 0.29) is 22.6 Å². The first-order valence-corrected chi connectivity index (χ1v) is 8.11. The van der Waals surface area contributed by atoms with Crippen LogP contribution in [0.4, 0.5) is 17.1 Å². The number of phenolic OH excluding ortho intramolecular Hbond substituents is 1. The van der Waals surface area contributed by atoms with Crippen molar-refractivity contribution in [3.63, 3.8) is 0 Å². The maximum absolute atomic E-state index is 11.9. The highest BCUT2D eigenvalue weighted by atomic mass is 16.5. The van der Waals surface area contributed by atoms with Crippen LogP contribution >= 0.6 is 0 Å². The van der Waals surface area contributed by atoms with Crippen LogP contribution in [-0.2, 0) is 4.74 Å². The minimum atomic E-state index is -1.10. The Kier molecular flexibility index (Phi) is 5.08. The fourth-order valence-electron chi connectivity index (χ4n) is 2.78. The van der Waals surface area contributed by atoms with Crippen molar-refractivity contribution >= 4 is 29.0 Å². The summed E-state index contributed by atoms with van der Waals surface area (Å²) in [5.41, 5.74) is 1.54. The molecule has 0 heterocycles. The molecule has 0 aliphatic carbocycles. The number of anilines is 3. The number of methoxy groups -OCH3 is 1. The van der Waals surface area contributed by atoms with E-state index >= 15 is 0 Å². The number of ether oxygens (including phenoxy) is 1. The number of esters is 1. The molecule has 3 rings (SSSR count). The zero-order chi connectivity index (χ0) is 19.4. The van der Waals surface area contributed by atoms with Gasteiger partial charge in [0.15, 0.2) is 0 Å². The second-order valence-corrected chi connectivity index (χ2v) is 5.69. The molecule has 136 valence electrons. The summed E-state index contributed by atoms with van der Waals surface area (Å²) in [6, 6.07) is 19.7. The van der Waals surface area contributed by atoms with Gasteiger partial charge in [-0.25, -0.2) is 9.59 Å². The molecule has 0 fully saturated rings. The lowest BCUT2D eigenvalue weighted by Crippen LogP contribution is -2.15. The van der Waals surface area contributed by atoms with Crippen LogP contribution < -0.4 is 4.90 Å². The molecule has 27 heavy (non-hydrogen) atoms. The van der Waals surface area contributed by atoms with E-state index in [0.29, 0.717) is 11.4 Å². The predicted octanol–water partition coefficient (Wildman–Crippen LogP) is 4.35. The van der Waals surface area contributed by atoms with Gasteiger partial charge >= 0.3 is 11.9 Å². The van der Waals surface area contributed by atoms with Crippen LogP contribution in [-0.4, -0.2) is 29.3 Å². The van der Waals surface area contributed by atoms with Gasteiger partial charge in [-0.2, -0.15) is 0 Å². The molecule has 0 saturated carbocycles. The highest BCUT2D eigenvalue weighted by Crippen LogP contribution is 2.41. The SMILES string of the molecule is COC(=O)c1ccc(O)c(N(c2ccccc2)c2ccccc2C(=O)O)c1. The average molecular weight is 363 g/mol. The molecule has 3 aromatic carbocycles. The molecule has 3 aromatic rings. The molecule has 0 spiro atoms. The quantitative estimate of drug-likeness (QED) is 0.656. The number of carbonyl (C=O) groups is 2. The highest BCUT2D eigenvalue weighted by Gasteiger charge is 2.22. The third-order valence-corrected chi connectivity index (χ3v) is 4.03. The van der Waals surface area contributed by atoms with Gasteiger partial charge in [-0.1, -0.05) is 30.3 Å². The van der Waals surface area contributed by atoms with E-state index in [0.717, 1.165) is 0 Å². The summed E-state index contributed by atoms with van der Waals surface area (Å²) in [7, 11) is 1.27. The van der Waals surface area contributed by atoms with E-state index in [1.807, 2.05) is 6.07 Å². The number of nitrogens with zero attached hydrogens (tertiary/aromatic N) is 1. The largest absolute Gasteiger partial charge is 0.506 e. The van der Waals surface area contributed by atoms with E-state index in [4.69, 9.17) is 4.74 Å². The summed E-state index contributed by atoms with van der Waals surface area (Å²) in [6.45, 7) is 0. The minimum Gasteiger partial charge on any atom is -0.506 e. The Morgan fingerprint density at radius 1 is 0.889 bits per heavy atom. The van der Waals surface area contributed by atoms with Gasteiger partial charge < -0.3 is 19.8 Å². The maximum atomic E-state index is 11.9. The first-order valence-electron chi connectivity index (χ1n) is 8.11. The third kappa shape index (κ3) is 3.59. The first kappa shape index (κ1) is 18.0. The van der Waals surface area contributed by atoms with Gasteiger partial charge in [0.05, 0.1) is 29.6 Å². The Labute approximate surface area is 155 Å². The smallest absolute Gasteiger partial charge is 0.337 e. The monoisotopic (exact) mass is 363 g/mol. The fourth-order valence-corrected chi connectivity index (χ4v) is 2.78. The summed E-state index contributed by atoms with van der Waals surface area (Å²) in [6.07, 6.45) is 0. The van der Waals surface area contributed by atoms with Gasteiger partial charge in [-0.05, 0) is 42.5 Å². The van der Waals surface area contributed by atoms with Crippen LogP contribution in [0.5, 0.6) is 5.75 Å². The van der Waals surface area contributed by atoms with Crippen molar-refractivity contribution in [3.05, 3.63) is 83.9 Å². The van der Waals surface area contributed by atoms with Crippen LogP contribution in [0.1, 0.15) is 20.7 Å². The van der Waals surface area contributed by atoms with Crippen LogP contribution in [0.15, 0.2) is 72.8 Å². The van der Waals surface area contributed by atoms with Crippen LogP contribution in [0.2, 0.25) is 0 Å². The molecule has 6 nitrogen and oxygen atoms in total. The molecular formula is C21H17NO5. The zero-order valence-electron chi connectivity index (χ0n) is 14.5. The number of carboxylic acid groups (broad SMARTS) is 1. The molecule has 0 amide bonds. The Bertz CT molecular complexity index is 985. The van der Waals surface area contributed by atoms with Gasteiger partial charge in [-0.3, -0.25) is 0 Å². The number of carbonyl (C=O) groups excluding carboxylic acids is 1. The zero-order valence-corrected chi connectivity index (χ0v) is 14.5. The van der Waals surface area contributed by atoms with Gasteiger partial charge in [0.2, 0.25) is 0 Å². The predicted molar refractivity (Wildman–Crippen MR) is 101 cm³/mol. The van der Waals surface area contributed by atoms with E-state index in [1.54, 1.807) is 47.4 Å². The lowest BCUT2D eigenvalue weighted by atomic mass is 10.1. The molecule has 0 aromatic heterocycles. The number of phenols is 1. The van der Waals surface area contributed by atoms with Crippen molar-refractivity contribution in [1.82, 2.24) is 0 Å². The molecule has 0 bridgehead atoms. The molecule has 0 aliphatic heterocycles. The number of rotatable bonds is 5. The second kappa shape index (κ2) is 7.61. The van der Waals surface area contributed by atoms with Crippen molar-refractivity contribution < 1.29 is 24.5 Å². The van der Waals surface area contributed by atoms with Crippen LogP contribution in [0.3, 0.4) is 0 Å². The number of aromatic carboxylic acids is 1. The summed E-state index contributed by atoms with van der Waals surface area (Å²) in [5, 5.41) is 20.1. The summed E-state index contributed by atoms with van der Waals surface area (Å²) < 4.78 is 4.75. The number of aromatic hydroxyl groups is 1. The maximum Gasteiger partial charge on any atom is 0.337 e. The molecule has 6 heteroatoms. The molecule has 0 saturated heterocycles. The van der Waals surface area contributed by atoms with Crippen molar-refractivity contribution in [2.75, 3.05) is 12.0 Å². The van der Waals surface area contributed by atoms with Crippen molar-refractivity contribution in [1.29, 1.82) is 0 Å². The number of para-hydroxylation sites is 2. The topological polar surface area (TPSA) is 87.1 Å². The molecule has 0 radical (unpaired) electrons. The Hall–Kier alpha value is -3.80. The summed E-state index contributed by atoms with van der Waals surface area (Å²) >= 11 is 0. The third-order valence-electron chi connectivity index (χ3n) is 4.03. The Morgan fingerprint density at radius 3 is 2.22 bits per heavy atom. The summed E-state index contributed by atoms with van der Waals surface area (Å²) in [4.78, 5) is 25.3. The van der Waals surface area contributed by atoms with E-state index in [9.17, 15) is 19.8 Å². The molecule has 0 unspecified atom stereocenters. The van der Waals surface area contributed by atoms with E-state index in [2.05, 4.69) is 0 Å². The second-order valence-electron chi connectivity index (χ2n) is 5.69. The summed E-state index contributed by atoms with van der Waals surface area (Å²) in [5.74, 6) is -1.77. The lowest BCUT2D eigenvalue weighted by Gasteiger charge is -2.27. The van der Waals surface area contributed by atoms with Crippen molar-refractivity contribution in [2.45, 2.75) is 0 Å². The lowest BCUT2D eigenvalue weighted by molar-refractivity contribution is 0.0599. The molecule has 2 N–H and O–H groups in total. The van der Waals surface area contributed by atoms with Crippen molar-refractivity contribution in [2.24, 2.45) is 0 Å². The van der Waals surface area contributed by atoms with E-state index in [1.165, 1.54) is 31.4 Å². The standard InChI is InChI=1S/C21H17NO5/c1-27-21(26)14-11-12-19(23)18(13-14)22(15-7-3-2-4-8-15)17-10-6-5-9-16(17)20(24)25/h2-13,23H,1H3,(H,24,25). The Morgan fingerprint density at radius 2 is 1.56 bits per heavy atom. The van der Waals surface area contributed by atoms with Gasteiger partial charge in [0.25, 0.3) is 0 Å². The highest BCUT2D eigenvalue weighted by molar-refractivity contribution is 5.99. The molecule has 0 aliphatic rings. The number of carboxylic acids is 1. The van der Waals surface area contributed by atoms with E-state index < -0.39 is 11.9 Å². The number of benzene rings is 3. The van der Waals surface area contributed by atoms with Crippen molar-refractivity contribution in [3.8, 4) is 5.75 Å². The first-order chi connectivity index (χ1) is 13.0. The van der Waals surface area contributed by atoms with Crippen LogP contribution in [0.25, 0.3) is 0 Å². The number of hydrogen-bond acceptors (Lipinski definition) is 5. The Balaban J connectivity index is 2.28. The molecular weight excluding hydrogens is 346 g/mol. The van der Waals surface area contributed by atoms with Gasteiger partial charge in [0.1, 0.15) is 5.75 Å². The fraction of sp³-hybridized carbons (Fsp3) is 0.0476. The number of hydrogen-bond donors (Lipinski definition) is 2. The normalized spacial score (nSPS) is 10.3.